The van der Waals surface area contributed by atoms with E-state index in [1.165, 1.54) is 0 Å². The lowest BCUT2D eigenvalue weighted by atomic mass is 10.1. The lowest BCUT2D eigenvalue weighted by Crippen LogP contribution is -2.36. The monoisotopic (exact) mass is 353 g/mol. The summed E-state index contributed by atoms with van der Waals surface area (Å²) in [5.74, 6) is -1.84. The van der Waals surface area contributed by atoms with Crippen molar-refractivity contribution < 1.29 is 14.4 Å². The van der Waals surface area contributed by atoms with Gasteiger partial charge in [0.2, 0.25) is 0 Å². The first kappa shape index (κ1) is 19.2. The van der Waals surface area contributed by atoms with Crippen molar-refractivity contribution >= 4 is 23.4 Å². The summed E-state index contributed by atoms with van der Waals surface area (Å²) < 4.78 is 0. The molecule has 0 saturated carbocycles. The van der Waals surface area contributed by atoms with Crippen molar-refractivity contribution in [2.45, 2.75) is 26.8 Å². The zero-order valence-electron chi connectivity index (χ0n) is 15.0. The molecule has 0 radical (unpaired) electrons. The Hall–Kier alpha value is -3.15. The highest BCUT2D eigenvalue weighted by Gasteiger charge is 2.17. The zero-order valence-corrected chi connectivity index (χ0v) is 15.0. The topological polar surface area (TPSA) is 87.3 Å². The number of rotatable bonds is 6. The Labute approximate surface area is 153 Å². The molecule has 0 atom stereocenters. The van der Waals surface area contributed by atoms with Crippen LogP contribution in [0, 0.1) is 6.92 Å². The van der Waals surface area contributed by atoms with E-state index in [9.17, 15) is 14.4 Å². The van der Waals surface area contributed by atoms with E-state index in [2.05, 4.69) is 16.0 Å². The van der Waals surface area contributed by atoms with Crippen LogP contribution in [0.3, 0.4) is 0 Å². The van der Waals surface area contributed by atoms with Crippen LogP contribution in [0.15, 0.2) is 48.5 Å². The number of amides is 3. The van der Waals surface area contributed by atoms with Crippen LogP contribution < -0.4 is 16.0 Å². The second-order valence-electron chi connectivity index (χ2n) is 5.86. The summed E-state index contributed by atoms with van der Waals surface area (Å²) in [7, 11) is 0. The third kappa shape index (κ3) is 5.17. The molecule has 0 spiro atoms. The molecule has 26 heavy (non-hydrogen) atoms. The Bertz CT molecular complexity index is 802. The van der Waals surface area contributed by atoms with E-state index >= 15 is 0 Å². The van der Waals surface area contributed by atoms with Crippen LogP contribution >= 0.6 is 0 Å². The molecule has 0 aromatic heterocycles. The SMILES string of the molecule is CCCNC(=O)C(=O)Nc1ccccc1C(=O)NCc1ccccc1C. The van der Waals surface area contributed by atoms with Gasteiger partial charge < -0.3 is 16.0 Å². The molecule has 0 fully saturated rings. The summed E-state index contributed by atoms with van der Waals surface area (Å²) in [6.45, 7) is 4.67. The van der Waals surface area contributed by atoms with E-state index in [-0.39, 0.29) is 5.91 Å². The molecule has 2 aromatic rings. The predicted octanol–water partition coefficient (Wildman–Crippen LogP) is 2.39. The Morgan fingerprint density at radius 3 is 2.31 bits per heavy atom. The van der Waals surface area contributed by atoms with Crippen LogP contribution in [0.4, 0.5) is 5.69 Å². The molecule has 136 valence electrons. The minimum atomic E-state index is -0.794. The van der Waals surface area contributed by atoms with E-state index < -0.39 is 11.8 Å². The fourth-order valence-electron chi connectivity index (χ4n) is 2.37. The van der Waals surface area contributed by atoms with Gasteiger partial charge in [-0.25, -0.2) is 0 Å². The fourth-order valence-corrected chi connectivity index (χ4v) is 2.37. The first-order chi connectivity index (χ1) is 12.5. The van der Waals surface area contributed by atoms with Crippen molar-refractivity contribution in [1.29, 1.82) is 0 Å². The van der Waals surface area contributed by atoms with Crippen LogP contribution in [-0.2, 0) is 16.1 Å². The number of benzene rings is 2. The summed E-state index contributed by atoms with van der Waals surface area (Å²) in [5, 5.41) is 7.84. The summed E-state index contributed by atoms with van der Waals surface area (Å²) in [5.41, 5.74) is 2.70. The van der Waals surface area contributed by atoms with Gasteiger partial charge >= 0.3 is 11.8 Å². The summed E-state index contributed by atoms with van der Waals surface area (Å²) >= 11 is 0. The third-order valence-electron chi connectivity index (χ3n) is 3.86. The Kier molecular flexibility index (Phi) is 6.91. The smallest absolute Gasteiger partial charge is 0.313 e. The van der Waals surface area contributed by atoms with Crippen molar-refractivity contribution in [3.63, 3.8) is 0 Å². The van der Waals surface area contributed by atoms with Gasteiger partial charge in [0, 0.05) is 13.1 Å². The second kappa shape index (κ2) is 9.36. The molecule has 0 aliphatic rings. The van der Waals surface area contributed by atoms with Gasteiger partial charge in [-0.2, -0.15) is 0 Å². The predicted molar refractivity (Wildman–Crippen MR) is 101 cm³/mol. The van der Waals surface area contributed by atoms with Gasteiger partial charge in [0.05, 0.1) is 11.3 Å². The maximum atomic E-state index is 12.5. The maximum Gasteiger partial charge on any atom is 0.313 e. The summed E-state index contributed by atoms with van der Waals surface area (Å²) in [6, 6.07) is 14.4. The third-order valence-corrected chi connectivity index (χ3v) is 3.86. The quantitative estimate of drug-likeness (QED) is 0.697. The zero-order chi connectivity index (χ0) is 18.9. The van der Waals surface area contributed by atoms with Crippen LogP contribution in [0.1, 0.15) is 34.8 Å². The van der Waals surface area contributed by atoms with Gasteiger partial charge in [-0.1, -0.05) is 43.3 Å². The molecule has 2 rings (SSSR count). The number of nitrogens with one attached hydrogen (secondary N) is 3. The van der Waals surface area contributed by atoms with E-state index in [0.717, 1.165) is 17.5 Å². The van der Waals surface area contributed by atoms with Crippen molar-refractivity contribution in [2.24, 2.45) is 0 Å². The molecular formula is C20H23N3O3. The van der Waals surface area contributed by atoms with Crippen molar-refractivity contribution in [3.05, 3.63) is 65.2 Å². The van der Waals surface area contributed by atoms with Crippen LogP contribution in [0.2, 0.25) is 0 Å². The normalized spacial score (nSPS) is 10.1. The number of aryl methyl sites for hydroxylation is 1. The highest BCUT2D eigenvalue weighted by Crippen LogP contribution is 2.15. The molecule has 6 heteroatoms. The molecule has 6 nitrogen and oxygen atoms in total. The average molecular weight is 353 g/mol. The van der Waals surface area contributed by atoms with Crippen molar-refractivity contribution in [3.8, 4) is 0 Å². The summed E-state index contributed by atoms with van der Waals surface area (Å²) in [4.78, 5) is 36.2. The van der Waals surface area contributed by atoms with Crippen molar-refractivity contribution in [1.82, 2.24) is 10.6 Å². The molecule has 0 saturated heterocycles. The van der Waals surface area contributed by atoms with Gasteiger partial charge in [-0.05, 0) is 36.6 Å². The highest BCUT2D eigenvalue weighted by atomic mass is 16.2. The van der Waals surface area contributed by atoms with E-state index in [0.29, 0.717) is 24.3 Å². The molecule has 0 unspecified atom stereocenters. The molecule has 0 aliphatic heterocycles. The molecule has 0 aliphatic carbocycles. The van der Waals surface area contributed by atoms with E-state index in [1.54, 1.807) is 24.3 Å². The number of anilines is 1. The molecule has 0 heterocycles. The minimum absolute atomic E-state index is 0.298. The number of para-hydroxylation sites is 1. The number of carbonyl (C=O) groups excluding carboxylic acids is 3. The first-order valence-electron chi connectivity index (χ1n) is 8.53. The average Bonchev–Trinajstić information content (AvgIpc) is 2.65. The van der Waals surface area contributed by atoms with Gasteiger partial charge in [0.15, 0.2) is 0 Å². The number of carbonyl (C=O) groups is 3. The molecule has 2 aromatic carbocycles. The molecule has 0 bridgehead atoms. The Morgan fingerprint density at radius 2 is 1.58 bits per heavy atom. The largest absolute Gasteiger partial charge is 0.348 e. The molecule has 3 N–H and O–H groups in total. The Balaban J connectivity index is 2.05. The number of hydrogen-bond donors (Lipinski definition) is 3. The van der Waals surface area contributed by atoms with Crippen LogP contribution in [0.25, 0.3) is 0 Å². The van der Waals surface area contributed by atoms with Gasteiger partial charge in [0.25, 0.3) is 5.91 Å². The minimum Gasteiger partial charge on any atom is -0.348 e. The van der Waals surface area contributed by atoms with E-state index in [4.69, 9.17) is 0 Å². The molecular weight excluding hydrogens is 330 g/mol. The van der Waals surface area contributed by atoms with Gasteiger partial charge in [0.1, 0.15) is 0 Å². The lowest BCUT2D eigenvalue weighted by Gasteiger charge is -2.12. The first-order valence-corrected chi connectivity index (χ1v) is 8.53. The lowest BCUT2D eigenvalue weighted by molar-refractivity contribution is -0.136. The van der Waals surface area contributed by atoms with Crippen LogP contribution in [0.5, 0.6) is 0 Å². The van der Waals surface area contributed by atoms with E-state index in [1.807, 2.05) is 38.1 Å². The highest BCUT2D eigenvalue weighted by molar-refractivity contribution is 6.40. The van der Waals surface area contributed by atoms with Crippen LogP contribution in [-0.4, -0.2) is 24.3 Å². The summed E-state index contributed by atoms with van der Waals surface area (Å²) in [6.07, 6.45) is 0.733. The van der Waals surface area contributed by atoms with Crippen molar-refractivity contribution in [2.75, 3.05) is 11.9 Å². The second-order valence-corrected chi connectivity index (χ2v) is 5.86. The Morgan fingerprint density at radius 1 is 0.885 bits per heavy atom. The van der Waals surface area contributed by atoms with Gasteiger partial charge in [-0.3, -0.25) is 14.4 Å². The van der Waals surface area contributed by atoms with Gasteiger partial charge in [-0.15, -0.1) is 0 Å². The molecule has 3 amide bonds. The standard InChI is InChI=1S/C20H23N3O3/c1-3-12-21-19(25)20(26)23-17-11-7-6-10-16(17)18(24)22-13-15-9-5-4-8-14(15)2/h4-11H,3,12-13H2,1-2H3,(H,21,25)(H,22,24)(H,23,26). The fraction of sp³-hybridized carbons (Fsp3) is 0.250. The maximum absolute atomic E-state index is 12.5. The number of hydrogen-bond acceptors (Lipinski definition) is 3.